The van der Waals surface area contributed by atoms with Gasteiger partial charge in [0, 0.05) is 44.8 Å². The van der Waals surface area contributed by atoms with E-state index in [4.69, 9.17) is 9.47 Å². The first-order valence-electron chi connectivity index (χ1n) is 10.8. The van der Waals surface area contributed by atoms with Crippen molar-refractivity contribution in [1.29, 1.82) is 0 Å². The Bertz CT molecular complexity index is 1060. The smallest absolute Gasteiger partial charge is 0.271 e. The number of likely N-dealkylation sites (N-methyl/N-ethyl adjacent to an activating group) is 1. The molecule has 2 saturated heterocycles. The zero-order valence-electron chi connectivity index (χ0n) is 18.4. The first-order valence-corrected chi connectivity index (χ1v) is 12.2. The van der Waals surface area contributed by atoms with Crippen molar-refractivity contribution in [2.24, 2.45) is 0 Å². The Morgan fingerprint density at radius 3 is 2.50 bits per heavy atom. The van der Waals surface area contributed by atoms with Crippen LogP contribution >= 0.6 is 0 Å². The standard InChI is InChI=1S/C21H29N5O5S/c1-3-24-6-8-25(9-7-24)21(27)18-15-17(22-23-18)16-4-5-19(30-2)20(14-16)32(28,29)26-10-12-31-13-11-26/h4-5,14-15H,3,6-13H2,1-2H3,(H,22,23). The average Bonchev–Trinajstić information content (AvgIpc) is 3.34. The summed E-state index contributed by atoms with van der Waals surface area (Å²) < 4.78 is 38.4. The number of piperazine rings is 1. The van der Waals surface area contributed by atoms with Crippen molar-refractivity contribution in [3.8, 4) is 17.0 Å². The van der Waals surface area contributed by atoms with Crippen molar-refractivity contribution in [3.63, 3.8) is 0 Å². The molecule has 2 aliphatic rings. The van der Waals surface area contributed by atoms with Crippen LogP contribution in [0.5, 0.6) is 5.75 Å². The van der Waals surface area contributed by atoms with Gasteiger partial charge >= 0.3 is 0 Å². The molecule has 3 heterocycles. The van der Waals surface area contributed by atoms with E-state index in [1.807, 2.05) is 4.90 Å². The molecule has 0 spiro atoms. The van der Waals surface area contributed by atoms with Crippen molar-refractivity contribution in [2.75, 3.05) is 66.1 Å². The van der Waals surface area contributed by atoms with Crippen LogP contribution in [-0.2, 0) is 14.8 Å². The van der Waals surface area contributed by atoms with Gasteiger partial charge in [0.1, 0.15) is 16.3 Å². The molecule has 0 saturated carbocycles. The van der Waals surface area contributed by atoms with E-state index >= 15 is 0 Å². The highest BCUT2D eigenvalue weighted by Gasteiger charge is 2.30. The summed E-state index contributed by atoms with van der Waals surface area (Å²) in [4.78, 5) is 17.1. The molecule has 1 aromatic carbocycles. The molecule has 1 aromatic heterocycles. The van der Waals surface area contributed by atoms with E-state index in [1.165, 1.54) is 11.4 Å². The van der Waals surface area contributed by atoms with Crippen LogP contribution in [0, 0.1) is 0 Å². The third-order valence-electron chi connectivity index (χ3n) is 5.96. The Labute approximate surface area is 188 Å². The lowest BCUT2D eigenvalue weighted by Gasteiger charge is -2.33. The molecule has 32 heavy (non-hydrogen) atoms. The van der Waals surface area contributed by atoms with E-state index in [1.54, 1.807) is 24.3 Å². The molecule has 2 fully saturated rings. The number of H-pyrrole nitrogens is 1. The van der Waals surface area contributed by atoms with Crippen LogP contribution in [-0.4, -0.2) is 105 Å². The lowest BCUT2D eigenvalue weighted by atomic mass is 10.1. The molecule has 11 heteroatoms. The summed E-state index contributed by atoms with van der Waals surface area (Å²) in [5.74, 6) is 0.162. The lowest BCUT2D eigenvalue weighted by Crippen LogP contribution is -2.48. The SMILES string of the molecule is CCN1CCN(C(=O)c2cc(-c3ccc(OC)c(S(=O)(=O)N4CCOCC4)c3)n[nH]2)CC1. The number of methoxy groups -OCH3 is 1. The van der Waals surface area contributed by atoms with E-state index in [-0.39, 0.29) is 16.6 Å². The molecule has 0 bridgehead atoms. The molecule has 10 nitrogen and oxygen atoms in total. The number of carbonyl (C=O) groups excluding carboxylic acids is 1. The second-order valence-electron chi connectivity index (χ2n) is 7.78. The number of morpholine rings is 1. The molecule has 2 aliphatic heterocycles. The van der Waals surface area contributed by atoms with Crippen LogP contribution < -0.4 is 4.74 Å². The molecule has 1 N–H and O–H groups in total. The maximum atomic E-state index is 13.2. The highest BCUT2D eigenvalue weighted by atomic mass is 32.2. The topological polar surface area (TPSA) is 108 Å². The highest BCUT2D eigenvalue weighted by Crippen LogP contribution is 2.32. The summed E-state index contributed by atoms with van der Waals surface area (Å²) >= 11 is 0. The van der Waals surface area contributed by atoms with Gasteiger partial charge in [0.2, 0.25) is 10.0 Å². The summed E-state index contributed by atoms with van der Waals surface area (Å²) in [6.07, 6.45) is 0. The zero-order valence-corrected chi connectivity index (χ0v) is 19.2. The number of ether oxygens (including phenoxy) is 2. The molecule has 1 amide bonds. The van der Waals surface area contributed by atoms with Crippen LogP contribution in [0.2, 0.25) is 0 Å². The van der Waals surface area contributed by atoms with Gasteiger partial charge in [-0.2, -0.15) is 9.40 Å². The van der Waals surface area contributed by atoms with Gasteiger partial charge in [-0.05, 0) is 30.8 Å². The summed E-state index contributed by atoms with van der Waals surface area (Å²) in [6.45, 7) is 7.44. The maximum Gasteiger partial charge on any atom is 0.271 e. The summed E-state index contributed by atoms with van der Waals surface area (Å²) in [7, 11) is -2.32. The number of hydrogen-bond acceptors (Lipinski definition) is 7. The predicted octanol–water partition coefficient (Wildman–Crippen LogP) is 0.884. The second-order valence-corrected chi connectivity index (χ2v) is 9.68. The second kappa shape index (κ2) is 9.57. The minimum absolute atomic E-state index is 0.0750. The molecule has 0 radical (unpaired) electrons. The number of sulfonamides is 1. The maximum absolute atomic E-state index is 13.2. The number of nitrogens with zero attached hydrogens (tertiary/aromatic N) is 4. The van der Waals surface area contributed by atoms with Gasteiger partial charge in [0.15, 0.2) is 0 Å². The molecule has 0 aliphatic carbocycles. The number of carbonyl (C=O) groups is 1. The lowest BCUT2D eigenvalue weighted by molar-refractivity contribution is 0.0637. The van der Waals surface area contributed by atoms with Crippen LogP contribution in [0.25, 0.3) is 11.3 Å². The quantitative estimate of drug-likeness (QED) is 0.678. The fourth-order valence-corrected chi connectivity index (χ4v) is 5.57. The van der Waals surface area contributed by atoms with Gasteiger partial charge in [-0.25, -0.2) is 8.42 Å². The number of nitrogens with one attached hydrogen (secondary N) is 1. The van der Waals surface area contributed by atoms with Gasteiger partial charge in [-0.15, -0.1) is 0 Å². The summed E-state index contributed by atoms with van der Waals surface area (Å²) in [5, 5.41) is 7.09. The van der Waals surface area contributed by atoms with Crippen molar-refractivity contribution >= 4 is 15.9 Å². The minimum atomic E-state index is -3.76. The van der Waals surface area contributed by atoms with Crippen LogP contribution in [0.3, 0.4) is 0 Å². The number of rotatable bonds is 6. The van der Waals surface area contributed by atoms with Gasteiger partial charge in [0.25, 0.3) is 5.91 Å². The first-order chi connectivity index (χ1) is 15.4. The Morgan fingerprint density at radius 1 is 1.12 bits per heavy atom. The molecule has 174 valence electrons. The Kier molecular flexibility index (Phi) is 6.79. The number of aromatic amines is 1. The normalized spacial score (nSPS) is 18.6. The predicted molar refractivity (Wildman–Crippen MR) is 118 cm³/mol. The third-order valence-corrected chi connectivity index (χ3v) is 7.88. The van der Waals surface area contributed by atoms with Gasteiger partial charge in [-0.3, -0.25) is 9.89 Å². The van der Waals surface area contributed by atoms with E-state index in [9.17, 15) is 13.2 Å². The summed E-state index contributed by atoms with van der Waals surface area (Å²) in [6, 6.07) is 6.57. The number of aromatic nitrogens is 2. The van der Waals surface area contributed by atoms with Crippen molar-refractivity contribution in [3.05, 3.63) is 30.0 Å². The van der Waals surface area contributed by atoms with Crippen molar-refractivity contribution < 1.29 is 22.7 Å². The number of hydrogen-bond donors (Lipinski definition) is 1. The first kappa shape index (κ1) is 22.7. The molecule has 4 rings (SSSR count). The largest absolute Gasteiger partial charge is 0.495 e. The van der Waals surface area contributed by atoms with Gasteiger partial charge in [0.05, 0.1) is 26.0 Å². The number of amides is 1. The van der Waals surface area contributed by atoms with E-state index in [2.05, 4.69) is 22.0 Å². The van der Waals surface area contributed by atoms with E-state index < -0.39 is 10.0 Å². The molecule has 0 atom stereocenters. The van der Waals surface area contributed by atoms with Gasteiger partial charge in [-0.1, -0.05) is 6.92 Å². The van der Waals surface area contributed by atoms with Crippen molar-refractivity contribution in [2.45, 2.75) is 11.8 Å². The van der Waals surface area contributed by atoms with E-state index in [0.29, 0.717) is 56.3 Å². The molecule has 0 unspecified atom stereocenters. The highest BCUT2D eigenvalue weighted by molar-refractivity contribution is 7.89. The fraction of sp³-hybridized carbons (Fsp3) is 0.524. The fourth-order valence-electron chi connectivity index (χ4n) is 3.98. The Hall–Kier alpha value is -2.47. The van der Waals surface area contributed by atoms with Crippen LogP contribution in [0.1, 0.15) is 17.4 Å². The molecule has 2 aromatic rings. The minimum Gasteiger partial charge on any atom is -0.495 e. The number of benzene rings is 1. The average molecular weight is 464 g/mol. The summed E-state index contributed by atoms with van der Waals surface area (Å²) in [5.41, 5.74) is 1.48. The van der Waals surface area contributed by atoms with E-state index in [0.717, 1.165) is 19.6 Å². The molecular weight excluding hydrogens is 434 g/mol. The third kappa shape index (κ3) is 4.51. The zero-order chi connectivity index (χ0) is 22.7. The Morgan fingerprint density at radius 2 is 1.84 bits per heavy atom. The van der Waals surface area contributed by atoms with Crippen molar-refractivity contribution in [1.82, 2.24) is 24.3 Å². The van der Waals surface area contributed by atoms with Crippen LogP contribution in [0.4, 0.5) is 0 Å². The monoisotopic (exact) mass is 463 g/mol. The Balaban J connectivity index is 1.58. The van der Waals surface area contributed by atoms with Gasteiger partial charge < -0.3 is 19.3 Å². The van der Waals surface area contributed by atoms with Crippen LogP contribution in [0.15, 0.2) is 29.2 Å². The molecular formula is C21H29N5O5S.